The molecule has 29 heavy (non-hydrogen) atoms. The SMILES string of the molecule is COc1cccc([C@@H](NC(=O)CSc2nc3ccccc3s2)c2nccn2C)c1. The summed E-state index contributed by atoms with van der Waals surface area (Å²) in [5.41, 5.74) is 1.87. The molecule has 2 aromatic heterocycles. The van der Waals surface area contributed by atoms with Crippen LogP contribution in [0.1, 0.15) is 17.4 Å². The Morgan fingerprint density at radius 3 is 2.90 bits per heavy atom. The number of imidazole rings is 1. The highest BCUT2D eigenvalue weighted by Crippen LogP contribution is 2.30. The van der Waals surface area contributed by atoms with Crippen molar-refractivity contribution in [3.05, 3.63) is 72.3 Å². The number of aromatic nitrogens is 3. The zero-order valence-corrected chi connectivity index (χ0v) is 17.7. The lowest BCUT2D eigenvalue weighted by Gasteiger charge is -2.19. The number of thiazole rings is 1. The Labute approximate surface area is 176 Å². The van der Waals surface area contributed by atoms with Gasteiger partial charge in [0.05, 0.1) is 23.1 Å². The summed E-state index contributed by atoms with van der Waals surface area (Å²) < 4.78 is 9.26. The van der Waals surface area contributed by atoms with E-state index in [0.29, 0.717) is 0 Å². The number of nitrogens with zero attached hydrogens (tertiary/aromatic N) is 3. The topological polar surface area (TPSA) is 69.0 Å². The van der Waals surface area contributed by atoms with Crippen molar-refractivity contribution >= 4 is 39.2 Å². The lowest BCUT2D eigenvalue weighted by molar-refractivity contribution is -0.119. The van der Waals surface area contributed by atoms with Crippen molar-refractivity contribution < 1.29 is 9.53 Å². The molecule has 0 aliphatic rings. The van der Waals surface area contributed by atoms with E-state index in [4.69, 9.17) is 4.74 Å². The number of carbonyl (C=O) groups excluding carboxylic acids is 1. The Hall–Kier alpha value is -2.84. The van der Waals surface area contributed by atoms with Gasteiger partial charge in [0.1, 0.15) is 17.6 Å². The third kappa shape index (κ3) is 4.44. The summed E-state index contributed by atoms with van der Waals surface area (Å²) in [7, 11) is 3.54. The van der Waals surface area contributed by atoms with Crippen LogP contribution in [0.5, 0.6) is 5.75 Å². The Morgan fingerprint density at radius 2 is 2.14 bits per heavy atom. The van der Waals surface area contributed by atoms with Crippen LogP contribution in [-0.2, 0) is 11.8 Å². The molecule has 0 saturated carbocycles. The van der Waals surface area contributed by atoms with Crippen LogP contribution in [0, 0.1) is 0 Å². The minimum Gasteiger partial charge on any atom is -0.497 e. The standard InChI is InChI=1S/C21H20N4O2S2/c1-25-11-10-22-20(25)19(14-6-5-7-15(12-14)27-2)24-18(26)13-28-21-23-16-8-3-4-9-17(16)29-21/h3-12,19H,13H2,1-2H3,(H,24,26)/t19-/m1/s1. The first-order chi connectivity index (χ1) is 14.1. The second-order valence-corrected chi connectivity index (χ2v) is 8.66. The third-order valence-electron chi connectivity index (χ3n) is 4.45. The van der Waals surface area contributed by atoms with Crippen LogP contribution < -0.4 is 10.1 Å². The average Bonchev–Trinajstić information content (AvgIpc) is 3.36. The fourth-order valence-electron chi connectivity index (χ4n) is 3.02. The van der Waals surface area contributed by atoms with Crippen LogP contribution in [0.3, 0.4) is 0 Å². The first-order valence-electron chi connectivity index (χ1n) is 9.03. The quantitative estimate of drug-likeness (QED) is 0.454. The molecule has 0 radical (unpaired) electrons. The van der Waals surface area contributed by atoms with Gasteiger partial charge in [0.25, 0.3) is 0 Å². The largest absolute Gasteiger partial charge is 0.497 e. The molecule has 0 bridgehead atoms. The van der Waals surface area contributed by atoms with Crippen molar-refractivity contribution in [2.24, 2.45) is 7.05 Å². The van der Waals surface area contributed by atoms with Gasteiger partial charge in [-0.1, -0.05) is 36.0 Å². The number of nitrogens with one attached hydrogen (secondary N) is 1. The van der Waals surface area contributed by atoms with Crippen LogP contribution in [0.15, 0.2) is 65.3 Å². The molecule has 8 heteroatoms. The van der Waals surface area contributed by atoms with E-state index in [9.17, 15) is 4.79 Å². The van der Waals surface area contributed by atoms with Gasteiger partial charge in [0.15, 0.2) is 4.34 Å². The zero-order valence-electron chi connectivity index (χ0n) is 16.0. The smallest absolute Gasteiger partial charge is 0.231 e. The molecule has 0 aliphatic heterocycles. The highest BCUT2D eigenvalue weighted by atomic mass is 32.2. The second-order valence-electron chi connectivity index (χ2n) is 6.41. The van der Waals surface area contributed by atoms with E-state index in [1.165, 1.54) is 11.8 Å². The Kier molecular flexibility index (Phi) is 5.82. The van der Waals surface area contributed by atoms with Gasteiger partial charge in [-0.25, -0.2) is 9.97 Å². The number of aryl methyl sites for hydroxylation is 1. The lowest BCUT2D eigenvalue weighted by Crippen LogP contribution is -2.32. The highest BCUT2D eigenvalue weighted by molar-refractivity contribution is 8.01. The van der Waals surface area contributed by atoms with E-state index in [1.807, 2.05) is 66.3 Å². The summed E-state index contributed by atoms with van der Waals surface area (Å²) in [6.45, 7) is 0. The number of amides is 1. The Morgan fingerprint density at radius 1 is 1.28 bits per heavy atom. The first-order valence-corrected chi connectivity index (χ1v) is 10.8. The van der Waals surface area contributed by atoms with E-state index >= 15 is 0 Å². The summed E-state index contributed by atoms with van der Waals surface area (Å²) in [5, 5.41) is 3.11. The number of carbonyl (C=O) groups is 1. The van der Waals surface area contributed by atoms with Gasteiger partial charge >= 0.3 is 0 Å². The minimum absolute atomic E-state index is 0.0786. The molecule has 2 aromatic carbocycles. The molecule has 1 amide bonds. The molecular weight excluding hydrogens is 404 g/mol. The predicted molar refractivity (Wildman–Crippen MR) is 117 cm³/mol. The number of methoxy groups -OCH3 is 1. The number of benzene rings is 2. The highest BCUT2D eigenvalue weighted by Gasteiger charge is 2.21. The van der Waals surface area contributed by atoms with Crippen molar-refractivity contribution in [2.45, 2.75) is 10.4 Å². The molecule has 1 atom stereocenters. The van der Waals surface area contributed by atoms with Crippen molar-refractivity contribution in [3.8, 4) is 5.75 Å². The van der Waals surface area contributed by atoms with Crippen LogP contribution >= 0.6 is 23.1 Å². The van der Waals surface area contributed by atoms with Crippen molar-refractivity contribution in [2.75, 3.05) is 12.9 Å². The fraction of sp³-hybridized carbons (Fsp3) is 0.190. The number of thioether (sulfide) groups is 1. The van der Waals surface area contributed by atoms with Gasteiger partial charge in [-0.15, -0.1) is 11.3 Å². The molecule has 4 rings (SSSR count). The number of rotatable bonds is 7. The number of fused-ring (bicyclic) bond motifs is 1. The van der Waals surface area contributed by atoms with E-state index in [0.717, 1.165) is 31.7 Å². The van der Waals surface area contributed by atoms with Gasteiger partial charge in [-0.2, -0.15) is 0 Å². The predicted octanol–water partition coefficient (Wildman–Crippen LogP) is 4.04. The molecule has 2 heterocycles. The Balaban J connectivity index is 1.50. The molecule has 0 spiro atoms. The summed E-state index contributed by atoms with van der Waals surface area (Å²) >= 11 is 3.04. The number of hydrogen-bond donors (Lipinski definition) is 1. The summed E-state index contributed by atoms with van der Waals surface area (Å²) in [4.78, 5) is 21.8. The molecule has 0 aliphatic carbocycles. The second kappa shape index (κ2) is 8.67. The molecule has 0 unspecified atom stereocenters. The van der Waals surface area contributed by atoms with E-state index in [1.54, 1.807) is 24.6 Å². The van der Waals surface area contributed by atoms with Crippen molar-refractivity contribution in [3.63, 3.8) is 0 Å². The van der Waals surface area contributed by atoms with Gasteiger partial charge in [0.2, 0.25) is 5.91 Å². The molecule has 4 aromatic rings. The fourth-order valence-corrected chi connectivity index (χ4v) is 4.90. The third-order valence-corrected chi connectivity index (χ3v) is 6.63. The summed E-state index contributed by atoms with van der Waals surface area (Å²) in [6.07, 6.45) is 3.59. The molecule has 148 valence electrons. The van der Waals surface area contributed by atoms with Crippen LogP contribution in [0.4, 0.5) is 0 Å². The van der Waals surface area contributed by atoms with Gasteiger partial charge in [-0.3, -0.25) is 4.79 Å². The number of para-hydroxylation sites is 1. The van der Waals surface area contributed by atoms with Crippen LogP contribution in [0.2, 0.25) is 0 Å². The number of hydrogen-bond acceptors (Lipinski definition) is 6. The maximum atomic E-state index is 12.8. The molecular formula is C21H20N4O2S2. The van der Waals surface area contributed by atoms with Crippen LogP contribution in [-0.4, -0.2) is 33.3 Å². The number of ether oxygens (including phenoxy) is 1. The van der Waals surface area contributed by atoms with E-state index < -0.39 is 0 Å². The van der Waals surface area contributed by atoms with E-state index in [2.05, 4.69) is 15.3 Å². The van der Waals surface area contributed by atoms with Crippen molar-refractivity contribution in [1.82, 2.24) is 19.9 Å². The van der Waals surface area contributed by atoms with Crippen LogP contribution in [0.25, 0.3) is 10.2 Å². The zero-order chi connectivity index (χ0) is 20.2. The minimum atomic E-state index is -0.367. The van der Waals surface area contributed by atoms with E-state index in [-0.39, 0.29) is 17.7 Å². The van der Waals surface area contributed by atoms with Gasteiger partial charge in [-0.05, 0) is 29.8 Å². The maximum Gasteiger partial charge on any atom is 0.231 e. The van der Waals surface area contributed by atoms with Gasteiger partial charge in [0, 0.05) is 19.4 Å². The van der Waals surface area contributed by atoms with Gasteiger partial charge < -0.3 is 14.6 Å². The maximum absolute atomic E-state index is 12.8. The monoisotopic (exact) mass is 424 g/mol. The molecule has 1 N–H and O–H groups in total. The van der Waals surface area contributed by atoms with Crippen molar-refractivity contribution in [1.29, 1.82) is 0 Å². The molecule has 0 fully saturated rings. The normalized spacial score (nSPS) is 12.1. The average molecular weight is 425 g/mol. The summed E-state index contributed by atoms with van der Waals surface area (Å²) in [5.74, 6) is 1.70. The Bertz CT molecular complexity index is 1110. The molecule has 6 nitrogen and oxygen atoms in total. The lowest BCUT2D eigenvalue weighted by atomic mass is 10.1. The molecule has 0 saturated heterocycles. The summed E-state index contributed by atoms with van der Waals surface area (Å²) in [6, 6.07) is 15.3. The first kappa shape index (κ1) is 19.5.